The van der Waals surface area contributed by atoms with Gasteiger partial charge in [0.15, 0.2) is 5.43 Å². The lowest BCUT2D eigenvalue weighted by Crippen LogP contribution is -2.04. The van der Waals surface area contributed by atoms with Crippen molar-refractivity contribution >= 4 is 23.2 Å². The topological polar surface area (TPSA) is 32.9 Å². The molecule has 0 amide bonds. The number of aromatic amines is 1. The second-order valence-electron chi connectivity index (χ2n) is 3.52. The minimum Gasteiger partial charge on any atom is -0.361 e. The predicted octanol–water partition coefficient (Wildman–Crippen LogP) is 3.66. The van der Waals surface area contributed by atoms with Crippen LogP contribution >= 0.6 is 23.2 Å². The third-order valence-electron chi connectivity index (χ3n) is 2.33. The molecule has 0 fully saturated rings. The summed E-state index contributed by atoms with van der Waals surface area (Å²) in [5.41, 5.74) is 2.04. The first kappa shape index (κ1) is 11.2. The Morgan fingerprint density at radius 2 is 1.94 bits per heavy atom. The maximum Gasteiger partial charge on any atom is 0.185 e. The molecule has 4 heteroatoms. The average Bonchev–Trinajstić information content (AvgIpc) is 2.26. The zero-order valence-electron chi connectivity index (χ0n) is 8.55. The number of aryl methyl sites for hydroxylation is 1. The van der Waals surface area contributed by atoms with E-state index >= 15 is 0 Å². The summed E-state index contributed by atoms with van der Waals surface area (Å²) in [7, 11) is 0. The zero-order valence-corrected chi connectivity index (χ0v) is 10.1. The van der Waals surface area contributed by atoms with Gasteiger partial charge in [-0.1, -0.05) is 23.2 Å². The molecule has 1 aromatic carbocycles. The Balaban J connectivity index is 2.63. The number of benzene rings is 1. The highest BCUT2D eigenvalue weighted by atomic mass is 35.5. The summed E-state index contributed by atoms with van der Waals surface area (Å²) in [5, 5.41) is 1.14. The molecule has 16 heavy (non-hydrogen) atoms. The first-order valence-corrected chi connectivity index (χ1v) is 5.48. The fourth-order valence-electron chi connectivity index (χ4n) is 1.40. The molecule has 2 nitrogen and oxygen atoms in total. The summed E-state index contributed by atoms with van der Waals surface area (Å²) in [5.74, 6) is 0. The molecule has 0 saturated carbocycles. The number of nitrogens with one attached hydrogen (secondary N) is 1. The van der Waals surface area contributed by atoms with Gasteiger partial charge in [-0.15, -0.1) is 0 Å². The number of hydrogen-bond acceptors (Lipinski definition) is 1. The Labute approximate surface area is 103 Å². The third kappa shape index (κ3) is 2.13. The lowest BCUT2D eigenvalue weighted by molar-refractivity contribution is 1.24. The molecule has 0 bridgehead atoms. The molecule has 1 N–H and O–H groups in total. The molecule has 0 saturated heterocycles. The fourth-order valence-corrected chi connectivity index (χ4v) is 1.79. The normalized spacial score (nSPS) is 10.4. The van der Waals surface area contributed by atoms with Crippen LogP contribution < -0.4 is 5.43 Å². The van der Waals surface area contributed by atoms with Crippen LogP contribution in [-0.2, 0) is 0 Å². The van der Waals surface area contributed by atoms with Crippen molar-refractivity contribution < 1.29 is 0 Å². The van der Waals surface area contributed by atoms with E-state index in [0.29, 0.717) is 21.3 Å². The Morgan fingerprint density at radius 1 is 1.19 bits per heavy atom. The van der Waals surface area contributed by atoms with Gasteiger partial charge in [-0.25, -0.2) is 0 Å². The summed E-state index contributed by atoms with van der Waals surface area (Å²) < 4.78 is 0. The SMILES string of the molecule is Cc1c[nH]c(-c2cc(Cl)ccc2Cl)cc1=O. The van der Waals surface area contributed by atoms with Gasteiger partial charge in [0.1, 0.15) is 0 Å². The molecule has 0 unspecified atom stereocenters. The van der Waals surface area contributed by atoms with Crippen molar-refractivity contribution in [2.24, 2.45) is 0 Å². The van der Waals surface area contributed by atoms with Crippen LogP contribution in [0.3, 0.4) is 0 Å². The maximum absolute atomic E-state index is 11.5. The number of pyridine rings is 1. The Morgan fingerprint density at radius 3 is 2.62 bits per heavy atom. The van der Waals surface area contributed by atoms with E-state index in [2.05, 4.69) is 4.98 Å². The number of rotatable bonds is 1. The highest BCUT2D eigenvalue weighted by Crippen LogP contribution is 2.28. The molecule has 0 atom stereocenters. The van der Waals surface area contributed by atoms with Crippen molar-refractivity contribution in [2.75, 3.05) is 0 Å². The van der Waals surface area contributed by atoms with Crippen LogP contribution in [0.25, 0.3) is 11.3 Å². The van der Waals surface area contributed by atoms with Gasteiger partial charge in [-0.3, -0.25) is 4.79 Å². The number of aromatic nitrogens is 1. The van der Waals surface area contributed by atoms with Crippen LogP contribution in [0, 0.1) is 6.92 Å². The number of hydrogen-bond donors (Lipinski definition) is 1. The van der Waals surface area contributed by atoms with Crippen LogP contribution in [0.5, 0.6) is 0 Å². The minimum atomic E-state index is -0.0233. The molecule has 82 valence electrons. The zero-order chi connectivity index (χ0) is 11.7. The molecule has 2 rings (SSSR count). The van der Waals surface area contributed by atoms with Crippen molar-refractivity contribution in [2.45, 2.75) is 6.92 Å². The van der Waals surface area contributed by atoms with Crippen molar-refractivity contribution in [3.63, 3.8) is 0 Å². The van der Waals surface area contributed by atoms with Gasteiger partial charge in [-0.05, 0) is 25.1 Å². The number of H-pyrrole nitrogens is 1. The largest absolute Gasteiger partial charge is 0.361 e. The molecule has 1 aromatic heterocycles. The Hall–Kier alpha value is -1.25. The lowest BCUT2D eigenvalue weighted by atomic mass is 10.1. The Kier molecular flexibility index (Phi) is 3.03. The maximum atomic E-state index is 11.5. The van der Waals surface area contributed by atoms with Crippen molar-refractivity contribution in [1.29, 1.82) is 0 Å². The highest BCUT2D eigenvalue weighted by molar-refractivity contribution is 6.35. The Bertz CT molecular complexity index is 590. The van der Waals surface area contributed by atoms with Crippen molar-refractivity contribution in [3.05, 3.63) is 56.3 Å². The summed E-state index contributed by atoms with van der Waals surface area (Å²) >= 11 is 11.9. The molecule has 2 aromatic rings. The van der Waals surface area contributed by atoms with E-state index in [1.54, 1.807) is 31.3 Å². The van der Waals surface area contributed by atoms with E-state index in [4.69, 9.17) is 23.2 Å². The van der Waals surface area contributed by atoms with Gasteiger partial charge in [0.2, 0.25) is 0 Å². The van der Waals surface area contributed by atoms with E-state index in [-0.39, 0.29) is 5.43 Å². The molecule has 0 radical (unpaired) electrons. The van der Waals surface area contributed by atoms with Gasteiger partial charge in [-0.2, -0.15) is 0 Å². The smallest absolute Gasteiger partial charge is 0.185 e. The molecular formula is C12H9Cl2NO. The van der Waals surface area contributed by atoms with Gasteiger partial charge < -0.3 is 4.98 Å². The monoisotopic (exact) mass is 253 g/mol. The molecule has 0 spiro atoms. The third-order valence-corrected chi connectivity index (χ3v) is 2.89. The van der Waals surface area contributed by atoms with E-state index in [9.17, 15) is 4.79 Å². The van der Waals surface area contributed by atoms with Crippen LogP contribution in [0.4, 0.5) is 0 Å². The van der Waals surface area contributed by atoms with E-state index in [0.717, 1.165) is 5.56 Å². The van der Waals surface area contributed by atoms with E-state index in [1.165, 1.54) is 6.07 Å². The number of halogens is 2. The quantitative estimate of drug-likeness (QED) is 0.827. The molecule has 1 heterocycles. The summed E-state index contributed by atoms with van der Waals surface area (Å²) in [4.78, 5) is 14.5. The summed E-state index contributed by atoms with van der Waals surface area (Å²) in [6, 6.07) is 6.66. The fraction of sp³-hybridized carbons (Fsp3) is 0.0833. The molecular weight excluding hydrogens is 245 g/mol. The van der Waals surface area contributed by atoms with Crippen LogP contribution in [-0.4, -0.2) is 4.98 Å². The average molecular weight is 254 g/mol. The van der Waals surface area contributed by atoms with E-state index < -0.39 is 0 Å². The standard InChI is InChI=1S/C12H9Cl2NO/c1-7-6-15-11(5-12(7)16)9-4-8(13)2-3-10(9)14/h2-6H,1H3,(H,15,16). The highest BCUT2D eigenvalue weighted by Gasteiger charge is 2.06. The molecule has 0 aliphatic heterocycles. The first-order chi connectivity index (χ1) is 7.58. The van der Waals surface area contributed by atoms with Gasteiger partial charge in [0.25, 0.3) is 0 Å². The predicted molar refractivity (Wildman–Crippen MR) is 67.3 cm³/mol. The summed E-state index contributed by atoms with van der Waals surface area (Å²) in [6.07, 6.45) is 1.66. The molecule has 0 aliphatic carbocycles. The second kappa shape index (κ2) is 4.32. The first-order valence-electron chi connectivity index (χ1n) is 4.72. The van der Waals surface area contributed by atoms with Crippen LogP contribution in [0.15, 0.2) is 35.3 Å². The van der Waals surface area contributed by atoms with Gasteiger partial charge >= 0.3 is 0 Å². The lowest BCUT2D eigenvalue weighted by Gasteiger charge is -2.05. The van der Waals surface area contributed by atoms with Crippen molar-refractivity contribution in [3.8, 4) is 11.3 Å². The van der Waals surface area contributed by atoms with Crippen LogP contribution in [0.2, 0.25) is 10.0 Å². The minimum absolute atomic E-state index is 0.0233. The van der Waals surface area contributed by atoms with E-state index in [1.807, 2.05) is 0 Å². The van der Waals surface area contributed by atoms with Crippen molar-refractivity contribution in [1.82, 2.24) is 4.98 Å². The van der Waals surface area contributed by atoms with Crippen LogP contribution in [0.1, 0.15) is 5.56 Å². The van der Waals surface area contributed by atoms with Gasteiger partial charge in [0.05, 0.1) is 5.69 Å². The summed E-state index contributed by atoms with van der Waals surface area (Å²) in [6.45, 7) is 1.75. The second-order valence-corrected chi connectivity index (χ2v) is 4.36. The molecule has 0 aliphatic rings. The van der Waals surface area contributed by atoms with Gasteiger partial charge in [0, 0.05) is 33.4 Å².